The molecular weight excluding hydrogens is 233 g/mol. The summed E-state index contributed by atoms with van der Waals surface area (Å²) >= 11 is 5.84. The lowest BCUT2D eigenvalue weighted by atomic mass is 10.4. The summed E-state index contributed by atoms with van der Waals surface area (Å²) in [6.07, 6.45) is 4.64. The molecule has 15 heavy (non-hydrogen) atoms. The second-order valence-electron chi connectivity index (χ2n) is 3.18. The van der Waals surface area contributed by atoms with Crippen LogP contribution in [0, 0.1) is 0 Å². The number of nitrogens with zero attached hydrogens (tertiary/aromatic N) is 3. The van der Waals surface area contributed by atoms with Crippen molar-refractivity contribution < 1.29 is 0 Å². The van der Waals surface area contributed by atoms with Gasteiger partial charge in [-0.3, -0.25) is 4.98 Å². The van der Waals surface area contributed by atoms with E-state index in [1.165, 1.54) is 0 Å². The van der Waals surface area contributed by atoms with Crippen molar-refractivity contribution >= 4 is 35.0 Å². The number of aromatic nitrogens is 3. The van der Waals surface area contributed by atoms with Gasteiger partial charge in [0.1, 0.15) is 11.3 Å². The fourth-order valence-corrected chi connectivity index (χ4v) is 1.81. The summed E-state index contributed by atoms with van der Waals surface area (Å²) < 4.78 is 2.16. The van der Waals surface area contributed by atoms with Gasteiger partial charge in [0.2, 0.25) is 0 Å². The summed E-state index contributed by atoms with van der Waals surface area (Å²) in [5.41, 5.74) is 2.05. The molecule has 2 rings (SSSR count). The second-order valence-corrected chi connectivity index (χ2v) is 3.44. The average Bonchev–Trinajstić information content (AvgIpc) is 2.58. The minimum absolute atomic E-state index is 0. The maximum atomic E-state index is 5.84. The number of alkyl halides is 1. The van der Waals surface area contributed by atoms with Gasteiger partial charge in [-0.25, -0.2) is 4.98 Å². The molecule has 2 aromatic rings. The van der Waals surface area contributed by atoms with Gasteiger partial charge in [0.25, 0.3) is 0 Å². The maximum Gasteiger partial charge on any atom is 0.124 e. The normalized spacial score (nSPS) is 10.3. The van der Waals surface area contributed by atoms with Crippen molar-refractivity contribution in [3.63, 3.8) is 0 Å². The molecule has 0 saturated heterocycles. The van der Waals surface area contributed by atoms with E-state index >= 15 is 0 Å². The molecule has 0 aliphatic carbocycles. The average molecular weight is 246 g/mol. The van der Waals surface area contributed by atoms with E-state index in [0.717, 1.165) is 29.8 Å². The van der Waals surface area contributed by atoms with Crippen LogP contribution < -0.4 is 0 Å². The van der Waals surface area contributed by atoms with Gasteiger partial charge in [-0.15, -0.1) is 24.0 Å². The molecule has 5 heteroatoms. The molecule has 82 valence electrons. The number of hydrogen-bond donors (Lipinski definition) is 0. The molecule has 0 fully saturated rings. The third-order valence-electron chi connectivity index (χ3n) is 2.20. The Kier molecular flexibility index (Phi) is 4.36. The monoisotopic (exact) mass is 245 g/mol. The number of imidazole rings is 1. The maximum absolute atomic E-state index is 5.84. The Morgan fingerprint density at radius 2 is 2.27 bits per heavy atom. The first-order valence-corrected chi connectivity index (χ1v) is 5.25. The zero-order chi connectivity index (χ0) is 9.97. The predicted octanol–water partition coefficient (Wildman–Crippen LogP) is 3.00. The van der Waals surface area contributed by atoms with E-state index in [1.807, 2.05) is 6.07 Å². The molecule has 0 aromatic carbocycles. The smallest absolute Gasteiger partial charge is 0.124 e. The minimum atomic E-state index is 0. The molecule has 0 N–H and O–H groups in total. The first-order valence-electron chi connectivity index (χ1n) is 4.72. The quantitative estimate of drug-likeness (QED) is 0.779. The lowest BCUT2D eigenvalue weighted by molar-refractivity contribution is 0.672. The topological polar surface area (TPSA) is 30.7 Å². The van der Waals surface area contributed by atoms with Crippen molar-refractivity contribution in [2.45, 2.75) is 25.8 Å². The number of rotatable bonds is 3. The molecule has 0 saturated carbocycles. The molecule has 2 heterocycles. The van der Waals surface area contributed by atoms with Crippen molar-refractivity contribution in [2.75, 3.05) is 0 Å². The largest absolute Gasteiger partial charge is 0.327 e. The number of halogens is 2. The second kappa shape index (κ2) is 5.33. The van der Waals surface area contributed by atoms with E-state index in [4.69, 9.17) is 11.6 Å². The number of hydrogen-bond acceptors (Lipinski definition) is 2. The van der Waals surface area contributed by atoms with Crippen LogP contribution in [-0.4, -0.2) is 14.5 Å². The van der Waals surface area contributed by atoms with Gasteiger partial charge in [-0.2, -0.15) is 0 Å². The van der Waals surface area contributed by atoms with Gasteiger partial charge >= 0.3 is 0 Å². The van der Waals surface area contributed by atoms with Crippen molar-refractivity contribution in [1.29, 1.82) is 0 Å². The van der Waals surface area contributed by atoms with E-state index in [-0.39, 0.29) is 12.4 Å². The predicted molar refractivity (Wildman–Crippen MR) is 64.6 cm³/mol. The van der Waals surface area contributed by atoms with Crippen LogP contribution in [-0.2, 0) is 12.4 Å². The van der Waals surface area contributed by atoms with Gasteiger partial charge < -0.3 is 4.57 Å². The lowest BCUT2D eigenvalue weighted by Gasteiger charge is -2.04. The van der Waals surface area contributed by atoms with Gasteiger partial charge in [-0.1, -0.05) is 6.92 Å². The number of aryl methyl sites for hydroxylation is 1. The third-order valence-corrected chi connectivity index (χ3v) is 2.44. The van der Waals surface area contributed by atoms with Crippen LogP contribution in [0.2, 0.25) is 0 Å². The highest BCUT2D eigenvalue weighted by atomic mass is 35.5. The molecule has 0 amide bonds. The summed E-state index contributed by atoms with van der Waals surface area (Å²) in [5, 5.41) is 0. The summed E-state index contributed by atoms with van der Waals surface area (Å²) in [4.78, 5) is 8.46. The Morgan fingerprint density at radius 3 is 2.93 bits per heavy atom. The zero-order valence-corrected chi connectivity index (χ0v) is 10.1. The van der Waals surface area contributed by atoms with Gasteiger partial charge in [0, 0.05) is 12.7 Å². The Morgan fingerprint density at radius 1 is 1.47 bits per heavy atom. The fourth-order valence-electron chi connectivity index (χ4n) is 1.61. The first-order chi connectivity index (χ1) is 6.86. The van der Waals surface area contributed by atoms with Gasteiger partial charge in [0.05, 0.1) is 17.6 Å². The highest BCUT2D eigenvalue weighted by Crippen LogP contribution is 2.16. The molecule has 0 bridgehead atoms. The summed E-state index contributed by atoms with van der Waals surface area (Å²) in [7, 11) is 0. The van der Waals surface area contributed by atoms with Crippen molar-refractivity contribution in [1.82, 2.24) is 14.5 Å². The Bertz CT molecular complexity index is 439. The van der Waals surface area contributed by atoms with Crippen molar-refractivity contribution in [2.24, 2.45) is 0 Å². The number of pyridine rings is 1. The first kappa shape index (κ1) is 12.3. The zero-order valence-electron chi connectivity index (χ0n) is 8.48. The van der Waals surface area contributed by atoms with E-state index in [9.17, 15) is 0 Å². The van der Waals surface area contributed by atoms with Gasteiger partial charge in [-0.05, 0) is 12.5 Å². The van der Waals surface area contributed by atoms with E-state index in [1.54, 1.807) is 12.4 Å². The van der Waals surface area contributed by atoms with Gasteiger partial charge in [0.15, 0.2) is 0 Å². The van der Waals surface area contributed by atoms with Crippen LogP contribution in [0.25, 0.3) is 11.0 Å². The summed E-state index contributed by atoms with van der Waals surface area (Å²) in [6, 6.07) is 1.98. The van der Waals surface area contributed by atoms with Crippen LogP contribution >= 0.6 is 24.0 Å². The molecule has 0 atom stereocenters. The van der Waals surface area contributed by atoms with Crippen LogP contribution in [0.4, 0.5) is 0 Å². The summed E-state index contributed by atoms with van der Waals surface area (Å²) in [5.74, 6) is 1.38. The number of fused-ring (bicyclic) bond motifs is 1. The molecule has 0 spiro atoms. The molecular formula is C10H13Cl2N3. The molecule has 0 unspecified atom stereocenters. The van der Waals surface area contributed by atoms with Crippen molar-refractivity contribution in [3.8, 4) is 0 Å². The summed E-state index contributed by atoms with van der Waals surface area (Å²) in [6.45, 7) is 3.10. The molecule has 0 aliphatic heterocycles. The Balaban J connectivity index is 0.00000112. The van der Waals surface area contributed by atoms with E-state index < -0.39 is 0 Å². The Labute approximate surface area is 99.9 Å². The van der Waals surface area contributed by atoms with E-state index in [2.05, 4.69) is 21.5 Å². The van der Waals surface area contributed by atoms with Crippen LogP contribution in [0.15, 0.2) is 18.5 Å². The highest BCUT2D eigenvalue weighted by Gasteiger charge is 2.07. The molecule has 3 nitrogen and oxygen atoms in total. The molecule has 0 aliphatic rings. The standard InChI is InChI=1S/C10H12ClN3.ClH/c1-2-5-14-9-3-4-12-7-8(9)13-10(14)6-11;/h3-4,7H,2,5-6H2,1H3;1H. The van der Waals surface area contributed by atoms with Crippen LogP contribution in [0.3, 0.4) is 0 Å². The Hall–Kier alpha value is -0.800. The molecule has 0 radical (unpaired) electrons. The van der Waals surface area contributed by atoms with Crippen LogP contribution in [0.1, 0.15) is 19.2 Å². The lowest BCUT2D eigenvalue weighted by Crippen LogP contribution is -2.01. The van der Waals surface area contributed by atoms with Crippen LogP contribution in [0.5, 0.6) is 0 Å². The van der Waals surface area contributed by atoms with Crippen molar-refractivity contribution in [3.05, 3.63) is 24.3 Å². The third kappa shape index (κ3) is 2.24. The fraction of sp³-hybridized carbons (Fsp3) is 0.400. The minimum Gasteiger partial charge on any atom is -0.327 e. The SMILES string of the molecule is CCCn1c(CCl)nc2cnccc21.Cl. The highest BCUT2D eigenvalue weighted by molar-refractivity contribution is 6.16. The van der Waals surface area contributed by atoms with E-state index in [0.29, 0.717) is 5.88 Å². The molecule has 2 aromatic heterocycles.